The molecule has 0 N–H and O–H groups in total. The Labute approximate surface area is 316 Å². The summed E-state index contributed by atoms with van der Waals surface area (Å²) in [5.74, 6) is -0.126. The lowest BCUT2D eigenvalue weighted by Crippen LogP contribution is -2.71. The molecule has 2 aliphatic carbocycles. The van der Waals surface area contributed by atoms with E-state index in [0.29, 0.717) is 24.0 Å². The highest BCUT2D eigenvalue weighted by molar-refractivity contribution is 5.90. The molecular formula is C41H66N2O10. The van der Waals surface area contributed by atoms with Crippen LogP contribution >= 0.6 is 0 Å². The van der Waals surface area contributed by atoms with E-state index < -0.39 is 58.6 Å². The molecule has 10 fully saturated rings. The van der Waals surface area contributed by atoms with Gasteiger partial charge >= 0.3 is 6.09 Å². The molecule has 10 aliphatic rings. The van der Waals surface area contributed by atoms with Gasteiger partial charge in [-0.1, -0.05) is 32.9 Å². The molecule has 12 nitrogen and oxygen atoms in total. The highest BCUT2D eigenvalue weighted by atomic mass is 17.3. The molecule has 0 radical (unpaired) electrons. The van der Waals surface area contributed by atoms with Gasteiger partial charge in [-0.05, 0) is 129 Å². The van der Waals surface area contributed by atoms with Crippen molar-refractivity contribution in [3.05, 3.63) is 0 Å². The summed E-state index contributed by atoms with van der Waals surface area (Å²) in [7, 11) is 0. The first-order chi connectivity index (χ1) is 24.7. The van der Waals surface area contributed by atoms with Crippen molar-refractivity contribution >= 4 is 11.8 Å². The Bertz CT molecular complexity index is 1450. The summed E-state index contributed by atoms with van der Waals surface area (Å²) in [6.45, 7) is 25.1. The van der Waals surface area contributed by atoms with Crippen molar-refractivity contribution in [1.82, 2.24) is 4.90 Å². The van der Waals surface area contributed by atoms with Crippen LogP contribution < -0.4 is 0 Å². The van der Waals surface area contributed by atoms with Gasteiger partial charge in [-0.25, -0.2) is 24.3 Å². The Morgan fingerprint density at radius 2 is 1.17 bits per heavy atom. The van der Waals surface area contributed by atoms with Gasteiger partial charge in [0.15, 0.2) is 23.8 Å². The topological polar surface area (TPSA) is 116 Å². The lowest BCUT2D eigenvalue weighted by Gasteiger charge is -2.61. The predicted octanol–water partition coefficient (Wildman–Crippen LogP) is 8.27. The van der Waals surface area contributed by atoms with Gasteiger partial charge in [-0.15, -0.1) is 0 Å². The van der Waals surface area contributed by atoms with Crippen molar-refractivity contribution in [1.29, 1.82) is 0 Å². The minimum absolute atomic E-state index is 0.0411. The van der Waals surface area contributed by atoms with E-state index in [1.165, 1.54) is 0 Å². The van der Waals surface area contributed by atoms with E-state index in [4.69, 9.17) is 48.5 Å². The van der Waals surface area contributed by atoms with Gasteiger partial charge < -0.3 is 18.9 Å². The van der Waals surface area contributed by atoms with E-state index >= 15 is 0 Å². The molecule has 2 spiro atoms. The zero-order chi connectivity index (χ0) is 38.1. The number of ether oxygens (including phenoxy) is 4. The first-order valence-corrected chi connectivity index (χ1v) is 20.7. The fraction of sp³-hybridized carbons (Fsp3) is 0.951. The van der Waals surface area contributed by atoms with Gasteiger partial charge in [0.05, 0.1) is 11.8 Å². The Kier molecular flexibility index (Phi) is 9.31. The van der Waals surface area contributed by atoms with Crippen molar-refractivity contribution in [2.75, 3.05) is 0 Å². The average Bonchev–Trinajstić information content (AvgIpc) is 3.43. The highest BCUT2D eigenvalue weighted by Gasteiger charge is 2.71. The molecule has 12 heteroatoms. The van der Waals surface area contributed by atoms with Crippen LogP contribution in [0.25, 0.3) is 0 Å². The SMILES string of the molecule is C[C@H]1[C@@H](/C(C[C@H]2O[C@@H]3O[C@]4(C)CC[C@H]5[C@H](C)CC[C@@H]([C@H]2C)C35OO4)=N\OC(=O)N(C(C)(C)C)C(C)(C)C)O[C@@H]2O[C@]3(C)CC[C@H]4[C@H](C)CC[C@@H]1C24OO3. The number of rotatable bonds is 4. The Balaban J connectivity index is 1.16. The van der Waals surface area contributed by atoms with Crippen LogP contribution in [-0.2, 0) is 43.3 Å². The molecule has 53 heavy (non-hydrogen) atoms. The van der Waals surface area contributed by atoms with Gasteiger partial charge in [-0.3, -0.25) is 9.74 Å². The van der Waals surface area contributed by atoms with Gasteiger partial charge in [-0.2, -0.15) is 0 Å². The maximum absolute atomic E-state index is 14.0. The molecule has 4 bridgehead atoms. The van der Waals surface area contributed by atoms with Gasteiger partial charge in [0.1, 0.15) is 6.10 Å². The Morgan fingerprint density at radius 3 is 1.68 bits per heavy atom. The average molecular weight is 747 g/mol. The number of oxime groups is 1. The molecule has 1 amide bonds. The predicted molar refractivity (Wildman–Crippen MR) is 194 cm³/mol. The molecule has 16 atom stereocenters. The number of nitrogens with zero attached hydrogens (tertiary/aromatic N) is 2. The first-order valence-electron chi connectivity index (χ1n) is 20.7. The molecule has 2 unspecified atom stereocenters. The molecule has 2 saturated carbocycles. The zero-order valence-electron chi connectivity index (χ0n) is 34.3. The molecule has 0 aromatic rings. The van der Waals surface area contributed by atoms with Gasteiger partial charge in [0.2, 0.25) is 11.6 Å². The second-order valence-electron chi connectivity index (χ2n) is 20.6. The molecular weight excluding hydrogens is 680 g/mol. The van der Waals surface area contributed by atoms with Gasteiger partial charge in [0, 0.05) is 42.2 Å². The van der Waals surface area contributed by atoms with Crippen LogP contribution in [0.5, 0.6) is 0 Å². The van der Waals surface area contributed by atoms with E-state index in [-0.39, 0.29) is 41.6 Å². The van der Waals surface area contributed by atoms with Crippen molar-refractivity contribution in [2.24, 2.45) is 52.5 Å². The van der Waals surface area contributed by atoms with Crippen LogP contribution in [0, 0.1) is 47.3 Å². The summed E-state index contributed by atoms with van der Waals surface area (Å²) >= 11 is 0. The molecule has 0 aromatic carbocycles. The lowest BCUT2D eigenvalue weighted by atomic mass is 9.56. The third-order valence-corrected chi connectivity index (χ3v) is 15.0. The lowest BCUT2D eigenvalue weighted by molar-refractivity contribution is -0.571. The second kappa shape index (κ2) is 12.8. The van der Waals surface area contributed by atoms with E-state index in [1.807, 2.05) is 55.4 Å². The zero-order valence-corrected chi connectivity index (χ0v) is 34.3. The fourth-order valence-electron chi connectivity index (χ4n) is 12.6. The minimum Gasteiger partial charge on any atom is -0.345 e. The van der Waals surface area contributed by atoms with Crippen molar-refractivity contribution in [2.45, 2.75) is 200 Å². The summed E-state index contributed by atoms with van der Waals surface area (Å²) in [4.78, 5) is 46.9. The molecule has 8 aliphatic heterocycles. The molecule has 10 rings (SSSR count). The van der Waals surface area contributed by atoms with E-state index in [9.17, 15) is 4.79 Å². The fourth-order valence-corrected chi connectivity index (χ4v) is 12.6. The van der Waals surface area contributed by atoms with Crippen LogP contribution in [0.3, 0.4) is 0 Å². The monoisotopic (exact) mass is 746 g/mol. The molecule has 300 valence electrons. The Hall–Kier alpha value is -1.38. The van der Waals surface area contributed by atoms with Crippen LogP contribution in [0.4, 0.5) is 4.79 Å². The number of hydrogen-bond donors (Lipinski definition) is 0. The standard InChI is InChI=1S/C41H66N2O10/c1-22-13-15-28-24(3)31(45-33-40(28)26(22)17-19-38(11,47-33)50-52-40)21-30(42-49-35(44)43(36(5,6)7)37(8,9)10)32-25(4)29-16-14-23(2)27-18-20-39(12)48-34(46-32)41(27,29)53-51-39/h22-29,31-34H,13-21H2,1-12H3/b42-30-/t22-,23-,24-,25-,26+,27+,28+,29+,31-,32+,33-,34-,38+,39+,40?,41?/m1/s1. The second-order valence-corrected chi connectivity index (χ2v) is 20.6. The third kappa shape index (κ3) is 5.97. The summed E-state index contributed by atoms with van der Waals surface area (Å²) in [5, 5.41) is 4.80. The smallest absolute Gasteiger partial charge is 0.345 e. The molecule has 0 aromatic heterocycles. The summed E-state index contributed by atoms with van der Waals surface area (Å²) in [6, 6.07) is 0. The van der Waals surface area contributed by atoms with E-state index in [1.54, 1.807) is 4.90 Å². The van der Waals surface area contributed by atoms with Crippen molar-refractivity contribution in [3.8, 4) is 0 Å². The van der Waals surface area contributed by atoms with Crippen LogP contribution in [0.1, 0.15) is 141 Å². The van der Waals surface area contributed by atoms with Crippen LogP contribution in [0.2, 0.25) is 0 Å². The highest BCUT2D eigenvalue weighted by Crippen LogP contribution is 2.63. The van der Waals surface area contributed by atoms with Crippen molar-refractivity contribution in [3.63, 3.8) is 0 Å². The Morgan fingerprint density at radius 1 is 0.679 bits per heavy atom. The number of carbonyl (C=O) groups is 1. The van der Waals surface area contributed by atoms with Crippen LogP contribution in [0.15, 0.2) is 5.16 Å². The maximum Gasteiger partial charge on any atom is 0.436 e. The van der Waals surface area contributed by atoms with E-state index in [2.05, 4.69) is 27.7 Å². The number of amides is 1. The summed E-state index contributed by atoms with van der Waals surface area (Å²) in [6.07, 6.45) is 5.32. The third-order valence-electron chi connectivity index (χ3n) is 15.0. The maximum atomic E-state index is 14.0. The number of fused-ring (bicyclic) bond motifs is 4. The molecule has 8 saturated heterocycles. The molecule has 8 heterocycles. The number of hydrogen-bond acceptors (Lipinski definition) is 11. The largest absolute Gasteiger partial charge is 0.436 e. The quantitative estimate of drug-likeness (QED) is 0.121. The van der Waals surface area contributed by atoms with E-state index in [0.717, 1.165) is 51.4 Å². The number of carbonyl (C=O) groups excluding carboxylic acids is 1. The minimum atomic E-state index is -0.912. The normalized spacial score (nSPS) is 50.8. The summed E-state index contributed by atoms with van der Waals surface area (Å²) in [5.41, 5.74) is -1.78. The first kappa shape index (κ1) is 38.5. The van der Waals surface area contributed by atoms with Gasteiger partial charge in [0.25, 0.3) is 0 Å². The van der Waals surface area contributed by atoms with Crippen LogP contribution in [-0.4, -0.2) is 75.3 Å². The summed E-state index contributed by atoms with van der Waals surface area (Å²) < 4.78 is 27.6. The van der Waals surface area contributed by atoms with Crippen molar-refractivity contribution < 1.29 is 48.1 Å².